The molecule has 3 heterocycles. The number of nitrogens with zero attached hydrogens (tertiary/aromatic N) is 4. The van der Waals surface area contributed by atoms with E-state index in [1.165, 1.54) is 6.33 Å². The van der Waals surface area contributed by atoms with Gasteiger partial charge in [-0.15, -0.1) is 0 Å². The van der Waals surface area contributed by atoms with Crippen molar-refractivity contribution < 1.29 is 14.1 Å². The Bertz CT molecular complexity index is 1250. The second kappa shape index (κ2) is 7.50. The van der Waals surface area contributed by atoms with E-state index >= 15 is 0 Å². The fourth-order valence-electron chi connectivity index (χ4n) is 3.25. The Kier molecular flexibility index (Phi) is 5.02. The molecule has 3 aromatic heterocycles. The molecule has 0 N–H and O–H groups in total. The van der Waals surface area contributed by atoms with Crippen molar-refractivity contribution in [2.75, 3.05) is 6.61 Å². The van der Waals surface area contributed by atoms with E-state index in [0.29, 0.717) is 38.1 Å². The molecule has 9 heteroatoms. The van der Waals surface area contributed by atoms with E-state index in [2.05, 4.69) is 15.1 Å². The molecule has 0 fully saturated rings. The van der Waals surface area contributed by atoms with Crippen LogP contribution in [-0.2, 0) is 0 Å². The van der Waals surface area contributed by atoms with E-state index in [-0.39, 0.29) is 18.3 Å². The van der Waals surface area contributed by atoms with Crippen molar-refractivity contribution in [1.29, 1.82) is 0 Å². The van der Waals surface area contributed by atoms with Crippen molar-refractivity contribution in [3.8, 4) is 11.7 Å². The molecule has 0 unspecified atom stereocenters. The standard InChI is InChI=1S/C20H16Cl2N4O3/c1-10-4-14(12(3)26(10)18-5-11(2)29-25-18)17(27)8-28-20-15-6-13(21)7-16(22)19(15)23-9-24-20/h4-7,9H,8H2,1-3H3. The van der Waals surface area contributed by atoms with Crippen LogP contribution in [0.4, 0.5) is 0 Å². The summed E-state index contributed by atoms with van der Waals surface area (Å²) in [6.07, 6.45) is 1.33. The molecule has 0 aliphatic rings. The van der Waals surface area contributed by atoms with Crippen molar-refractivity contribution in [2.45, 2.75) is 20.8 Å². The molecule has 0 saturated carbocycles. The summed E-state index contributed by atoms with van der Waals surface area (Å²) >= 11 is 12.3. The molecule has 1 aromatic carbocycles. The molecule has 0 amide bonds. The quantitative estimate of drug-likeness (QED) is 0.418. The van der Waals surface area contributed by atoms with Gasteiger partial charge >= 0.3 is 0 Å². The number of carbonyl (C=O) groups is 1. The minimum absolute atomic E-state index is 0.190. The highest BCUT2D eigenvalue weighted by molar-refractivity contribution is 6.38. The van der Waals surface area contributed by atoms with Gasteiger partial charge < -0.3 is 9.26 Å². The first-order chi connectivity index (χ1) is 13.8. The van der Waals surface area contributed by atoms with Crippen molar-refractivity contribution in [2.24, 2.45) is 0 Å². The van der Waals surface area contributed by atoms with Gasteiger partial charge in [-0.2, -0.15) is 0 Å². The third-order valence-corrected chi connectivity index (χ3v) is 5.04. The van der Waals surface area contributed by atoms with Crippen LogP contribution in [0.3, 0.4) is 0 Å². The van der Waals surface area contributed by atoms with E-state index in [1.54, 1.807) is 18.2 Å². The van der Waals surface area contributed by atoms with E-state index in [4.69, 9.17) is 32.5 Å². The van der Waals surface area contributed by atoms with E-state index in [1.807, 2.05) is 31.4 Å². The summed E-state index contributed by atoms with van der Waals surface area (Å²) in [5, 5.41) is 5.39. The number of carbonyl (C=O) groups excluding carboxylic acids is 1. The predicted octanol–water partition coefficient (Wildman–Crippen LogP) is 4.90. The normalized spacial score (nSPS) is 11.2. The molecule has 0 atom stereocenters. The molecule has 0 aliphatic heterocycles. The summed E-state index contributed by atoms with van der Waals surface area (Å²) in [6.45, 7) is 5.37. The van der Waals surface area contributed by atoms with E-state index in [9.17, 15) is 4.79 Å². The molecular formula is C20H16Cl2N4O3. The first-order valence-corrected chi connectivity index (χ1v) is 9.49. The summed E-state index contributed by atoms with van der Waals surface area (Å²) in [4.78, 5) is 21.1. The fraction of sp³-hybridized carbons (Fsp3) is 0.200. The maximum atomic E-state index is 12.8. The number of aryl methyl sites for hydroxylation is 2. The number of ether oxygens (including phenoxy) is 1. The molecule has 4 aromatic rings. The minimum atomic E-state index is -0.196. The Labute approximate surface area is 176 Å². The van der Waals surface area contributed by atoms with Gasteiger partial charge in [-0.1, -0.05) is 28.4 Å². The molecule has 0 bridgehead atoms. The first kappa shape index (κ1) is 19.4. The van der Waals surface area contributed by atoms with E-state index < -0.39 is 0 Å². The molecule has 0 radical (unpaired) electrons. The molecule has 4 rings (SSSR count). The second-order valence-electron chi connectivity index (χ2n) is 6.59. The minimum Gasteiger partial charge on any atom is -0.469 e. The molecule has 148 valence electrons. The molecule has 29 heavy (non-hydrogen) atoms. The van der Waals surface area contributed by atoms with Crippen LogP contribution in [0.1, 0.15) is 27.5 Å². The van der Waals surface area contributed by atoms with Crippen molar-refractivity contribution >= 4 is 39.9 Å². The van der Waals surface area contributed by atoms with Crippen molar-refractivity contribution in [3.63, 3.8) is 0 Å². The largest absolute Gasteiger partial charge is 0.469 e. The number of aromatic nitrogens is 4. The second-order valence-corrected chi connectivity index (χ2v) is 7.43. The Balaban J connectivity index is 1.61. The summed E-state index contributed by atoms with van der Waals surface area (Å²) < 4.78 is 12.7. The smallest absolute Gasteiger partial charge is 0.225 e. The Morgan fingerprint density at radius 2 is 1.93 bits per heavy atom. The summed E-state index contributed by atoms with van der Waals surface area (Å²) in [6, 6.07) is 6.86. The van der Waals surface area contributed by atoms with Gasteiger partial charge in [0.15, 0.2) is 12.4 Å². The zero-order valence-corrected chi connectivity index (χ0v) is 17.4. The van der Waals surface area contributed by atoms with Gasteiger partial charge in [-0.3, -0.25) is 9.36 Å². The van der Waals surface area contributed by atoms with Gasteiger partial charge in [0, 0.05) is 28.0 Å². The van der Waals surface area contributed by atoms with Gasteiger partial charge in [-0.25, -0.2) is 9.97 Å². The highest BCUT2D eigenvalue weighted by Crippen LogP contribution is 2.31. The molecule has 7 nitrogen and oxygen atoms in total. The lowest BCUT2D eigenvalue weighted by Crippen LogP contribution is -2.13. The number of hydrogen-bond donors (Lipinski definition) is 0. The lowest BCUT2D eigenvalue weighted by Gasteiger charge is -2.09. The lowest BCUT2D eigenvalue weighted by atomic mass is 10.1. The van der Waals surface area contributed by atoms with Crippen molar-refractivity contribution in [3.05, 3.63) is 63.3 Å². The van der Waals surface area contributed by atoms with Gasteiger partial charge in [-0.05, 0) is 39.0 Å². The monoisotopic (exact) mass is 430 g/mol. The highest BCUT2D eigenvalue weighted by atomic mass is 35.5. The lowest BCUT2D eigenvalue weighted by molar-refractivity contribution is 0.0918. The molecule has 0 spiro atoms. The molecule has 0 aliphatic carbocycles. The van der Waals surface area contributed by atoms with Crippen LogP contribution in [0.15, 0.2) is 35.1 Å². The topological polar surface area (TPSA) is 83.0 Å². The number of rotatable bonds is 5. The third kappa shape index (κ3) is 3.59. The number of halogens is 2. The summed E-state index contributed by atoms with van der Waals surface area (Å²) in [7, 11) is 0. The molecule has 0 saturated heterocycles. The van der Waals surface area contributed by atoms with Crippen LogP contribution in [0.25, 0.3) is 16.7 Å². The first-order valence-electron chi connectivity index (χ1n) is 8.73. The number of ketones is 1. The SMILES string of the molecule is Cc1cc(-n2c(C)cc(C(=O)COc3ncnc4c(Cl)cc(Cl)cc34)c2C)no1. The maximum absolute atomic E-state index is 12.8. The van der Waals surface area contributed by atoms with Gasteiger partial charge in [0.05, 0.1) is 15.9 Å². The Hall–Kier alpha value is -2.90. The zero-order valence-electron chi connectivity index (χ0n) is 15.9. The van der Waals surface area contributed by atoms with Gasteiger partial charge in [0.25, 0.3) is 0 Å². The Morgan fingerprint density at radius 3 is 2.66 bits per heavy atom. The average molecular weight is 431 g/mol. The van der Waals surface area contributed by atoms with Crippen LogP contribution in [-0.4, -0.2) is 32.1 Å². The Morgan fingerprint density at radius 1 is 1.14 bits per heavy atom. The summed E-state index contributed by atoms with van der Waals surface area (Å²) in [5.41, 5.74) is 2.67. The number of hydrogen-bond acceptors (Lipinski definition) is 6. The average Bonchev–Trinajstić information content (AvgIpc) is 3.22. The van der Waals surface area contributed by atoms with Crippen LogP contribution in [0.2, 0.25) is 10.0 Å². The van der Waals surface area contributed by atoms with Crippen molar-refractivity contribution in [1.82, 2.24) is 19.7 Å². The fourth-order valence-corrected chi connectivity index (χ4v) is 3.79. The van der Waals surface area contributed by atoms with Crippen LogP contribution >= 0.6 is 23.2 Å². The zero-order chi connectivity index (χ0) is 20.7. The van der Waals surface area contributed by atoms with Gasteiger partial charge in [0.2, 0.25) is 11.7 Å². The third-order valence-electron chi connectivity index (χ3n) is 4.54. The van der Waals surface area contributed by atoms with E-state index in [0.717, 1.165) is 11.4 Å². The number of benzene rings is 1. The van der Waals surface area contributed by atoms with Crippen LogP contribution < -0.4 is 4.74 Å². The van der Waals surface area contributed by atoms with Crippen LogP contribution in [0, 0.1) is 20.8 Å². The highest BCUT2D eigenvalue weighted by Gasteiger charge is 2.19. The molecular weight excluding hydrogens is 415 g/mol. The van der Waals surface area contributed by atoms with Crippen LogP contribution in [0.5, 0.6) is 5.88 Å². The maximum Gasteiger partial charge on any atom is 0.225 e. The predicted molar refractivity (Wildman–Crippen MR) is 109 cm³/mol. The number of Topliss-reactive ketones (excluding diaryl/α,β-unsaturated/α-hetero) is 1. The summed E-state index contributed by atoms with van der Waals surface area (Å²) in [5.74, 6) is 1.37. The van der Waals surface area contributed by atoms with Gasteiger partial charge in [0.1, 0.15) is 12.1 Å². The number of fused-ring (bicyclic) bond motifs is 1.